The van der Waals surface area contributed by atoms with Gasteiger partial charge in [0.25, 0.3) is 0 Å². The van der Waals surface area contributed by atoms with Crippen molar-refractivity contribution in [2.45, 2.75) is 37.1 Å². The van der Waals surface area contributed by atoms with Gasteiger partial charge in [0.05, 0.1) is 6.26 Å². The number of hydrogen-bond acceptors (Lipinski definition) is 3. The average molecular weight is 360 g/mol. The van der Waals surface area contributed by atoms with Crippen LogP contribution < -0.4 is 0 Å². The minimum atomic E-state index is -3.32. The summed E-state index contributed by atoms with van der Waals surface area (Å²) in [6.07, 6.45) is 8.88. The lowest BCUT2D eigenvalue weighted by Crippen LogP contribution is -2.51. The van der Waals surface area contributed by atoms with Crippen LogP contribution >= 0.6 is 0 Å². The van der Waals surface area contributed by atoms with Gasteiger partial charge >= 0.3 is 0 Å². The maximum Gasteiger partial charge on any atom is 0.241 e. The van der Waals surface area contributed by atoms with Crippen LogP contribution in [0.15, 0.2) is 30.3 Å². The van der Waals surface area contributed by atoms with Crippen molar-refractivity contribution in [3.63, 3.8) is 0 Å². The molecule has 0 radical (unpaired) electrons. The summed E-state index contributed by atoms with van der Waals surface area (Å²) in [7, 11) is -3.32. The first-order valence-corrected chi connectivity index (χ1v) is 10.8. The highest BCUT2D eigenvalue weighted by Gasteiger charge is 2.43. The summed E-state index contributed by atoms with van der Waals surface area (Å²) in [5, 5.41) is 0. The summed E-state index contributed by atoms with van der Waals surface area (Å²) in [4.78, 5) is 14.8. The molecule has 1 unspecified atom stereocenters. The topological polar surface area (TPSA) is 57.7 Å². The van der Waals surface area contributed by atoms with Gasteiger partial charge in [-0.3, -0.25) is 4.79 Å². The van der Waals surface area contributed by atoms with Crippen molar-refractivity contribution in [3.8, 4) is 0 Å². The van der Waals surface area contributed by atoms with Crippen LogP contribution in [0.3, 0.4) is 0 Å². The molecule has 0 bridgehead atoms. The third kappa shape index (κ3) is 2.81. The van der Waals surface area contributed by atoms with E-state index in [4.69, 9.17) is 0 Å². The largest absolute Gasteiger partial charge is 0.341 e. The van der Waals surface area contributed by atoms with Crippen LogP contribution in [-0.2, 0) is 20.2 Å². The van der Waals surface area contributed by atoms with Crippen molar-refractivity contribution in [3.05, 3.63) is 41.5 Å². The molecular weight excluding hydrogens is 336 g/mol. The van der Waals surface area contributed by atoms with Crippen molar-refractivity contribution in [2.75, 3.05) is 25.9 Å². The van der Waals surface area contributed by atoms with Crippen molar-refractivity contribution in [2.24, 2.45) is 0 Å². The van der Waals surface area contributed by atoms with E-state index in [1.54, 1.807) is 0 Å². The summed E-state index contributed by atoms with van der Waals surface area (Å²) in [6.45, 7) is 1.83. The molecule has 5 nitrogen and oxygen atoms in total. The van der Waals surface area contributed by atoms with Crippen LogP contribution in [-0.4, -0.2) is 55.5 Å². The second kappa shape index (κ2) is 5.95. The maximum absolute atomic E-state index is 12.9. The van der Waals surface area contributed by atoms with Gasteiger partial charge in [0.1, 0.15) is 6.04 Å². The predicted octanol–water partition coefficient (Wildman–Crippen LogP) is 2.00. The molecule has 1 aliphatic carbocycles. The zero-order valence-electron chi connectivity index (χ0n) is 14.5. The van der Waals surface area contributed by atoms with Crippen molar-refractivity contribution in [1.29, 1.82) is 0 Å². The third-order valence-corrected chi connectivity index (χ3v) is 7.25. The van der Waals surface area contributed by atoms with Gasteiger partial charge in [-0.15, -0.1) is 0 Å². The van der Waals surface area contributed by atoms with E-state index in [-0.39, 0.29) is 11.3 Å². The number of likely N-dealkylation sites (tertiary alicyclic amines) is 1. The quantitative estimate of drug-likeness (QED) is 0.810. The Hall–Kier alpha value is -1.66. The zero-order chi connectivity index (χ0) is 17.7. The summed E-state index contributed by atoms with van der Waals surface area (Å²) in [5.74, 6) is -0.0203. The highest BCUT2D eigenvalue weighted by atomic mass is 32.2. The van der Waals surface area contributed by atoms with Gasteiger partial charge in [-0.1, -0.05) is 36.4 Å². The third-order valence-electron chi connectivity index (χ3n) is 5.96. The summed E-state index contributed by atoms with van der Waals surface area (Å²) < 4.78 is 25.2. The fourth-order valence-electron chi connectivity index (χ4n) is 4.59. The number of allylic oxidation sites excluding steroid dienone is 1. The molecule has 1 atom stereocenters. The van der Waals surface area contributed by atoms with Gasteiger partial charge in [0, 0.05) is 25.0 Å². The highest BCUT2D eigenvalue weighted by Crippen LogP contribution is 2.43. The van der Waals surface area contributed by atoms with Gasteiger partial charge in [0.2, 0.25) is 15.9 Å². The molecule has 6 heteroatoms. The number of fused-ring (bicyclic) bond motifs is 2. The number of carbonyl (C=O) groups excluding carboxylic acids is 1. The van der Waals surface area contributed by atoms with Gasteiger partial charge in [-0.05, 0) is 36.8 Å². The van der Waals surface area contributed by atoms with Crippen LogP contribution in [0.5, 0.6) is 0 Å². The molecule has 0 aromatic heterocycles. The number of sulfonamides is 1. The predicted molar refractivity (Wildman–Crippen MR) is 97.5 cm³/mol. The van der Waals surface area contributed by atoms with E-state index in [9.17, 15) is 13.2 Å². The summed E-state index contributed by atoms with van der Waals surface area (Å²) in [6, 6.07) is 7.96. The number of amides is 1. The Morgan fingerprint density at radius 2 is 1.88 bits per heavy atom. The molecule has 1 spiro atoms. The van der Waals surface area contributed by atoms with Crippen molar-refractivity contribution in [1.82, 2.24) is 9.21 Å². The van der Waals surface area contributed by atoms with E-state index in [1.165, 1.54) is 21.7 Å². The first kappa shape index (κ1) is 16.8. The fraction of sp³-hybridized carbons (Fsp3) is 0.526. The Bertz CT molecular complexity index is 823. The highest BCUT2D eigenvalue weighted by molar-refractivity contribution is 7.88. The molecule has 4 rings (SSSR count). The monoisotopic (exact) mass is 360 g/mol. The molecule has 25 heavy (non-hydrogen) atoms. The van der Waals surface area contributed by atoms with Crippen LogP contribution in [0, 0.1) is 0 Å². The molecule has 2 fully saturated rings. The van der Waals surface area contributed by atoms with E-state index in [1.807, 2.05) is 4.90 Å². The molecule has 0 N–H and O–H groups in total. The molecule has 1 amide bonds. The Morgan fingerprint density at radius 1 is 1.16 bits per heavy atom. The van der Waals surface area contributed by atoms with Gasteiger partial charge in [-0.25, -0.2) is 8.42 Å². The van der Waals surface area contributed by atoms with Crippen molar-refractivity contribution < 1.29 is 13.2 Å². The van der Waals surface area contributed by atoms with E-state index >= 15 is 0 Å². The van der Waals surface area contributed by atoms with Crippen LogP contribution in [0.2, 0.25) is 0 Å². The van der Waals surface area contributed by atoms with Gasteiger partial charge in [-0.2, -0.15) is 4.31 Å². The lowest BCUT2D eigenvalue weighted by atomic mass is 9.74. The molecule has 1 aromatic carbocycles. The molecule has 3 aliphatic rings. The van der Waals surface area contributed by atoms with E-state index in [0.717, 1.165) is 19.3 Å². The van der Waals surface area contributed by atoms with Crippen LogP contribution in [0.25, 0.3) is 6.08 Å². The van der Waals surface area contributed by atoms with Gasteiger partial charge < -0.3 is 4.90 Å². The maximum atomic E-state index is 12.9. The zero-order valence-corrected chi connectivity index (χ0v) is 15.3. The van der Waals surface area contributed by atoms with Crippen LogP contribution in [0.1, 0.15) is 36.8 Å². The standard InChI is InChI=1S/C19H24N2O3S/c1-25(23,24)21-12-4-7-17(21)18(22)20-13-10-19(11-14-20)9-8-15-5-2-3-6-16(15)19/h2-3,5-6,8-9,17H,4,7,10-14H2,1H3. The Labute approximate surface area is 149 Å². The molecule has 2 aliphatic heterocycles. The molecule has 2 saturated heterocycles. The Morgan fingerprint density at radius 3 is 2.60 bits per heavy atom. The molecular formula is C19H24N2O3S. The lowest BCUT2D eigenvalue weighted by molar-refractivity contribution is -0.136. The first-order chi connectivity index (χ1) is 11.9. The van der Waals surface area contributed by atoms with Crippen molar-refractivity contribution >= 4 is 22.0 Å². The second-order valence-electron chi connectivity index (χ2n) is 7.43. The number of rotatable bonds is 2. The molecule has 0 saturated carbocycles. The second-order valence-corrected chi connectivity index (χ2v) is 9.37. The Balaban J connectivity index is 1.48. The Kier molecular flexibility index (Phi) is 4.00. The number of benzene rings is 1. The number of hydrogen-bond donors (Lipinski definition) is 0. The fourth-order valence-corrected chi connectivity index (χ4v) is 5.71. The number of piperidine rings is 1. The van der Waals surface area contributed by atoms with E-state index < -0.39 is 16.1 Å². The smallest absolute Gasteiger partial charge is 0.241 e. The van der Waals surface area contributed by atoms with Crippen LogP contribution in [0.4, 0.5) is 0 Å². The molecule has 2 heterocycles. The van der Waals surface area contributed by atoms with E-state index in [2.05, 4.69) is 36.4 Å². The molecule has 1 aromatic rings. The normalized spacial score (nSPS) is 25.5. The minimum absolute atomic E-state index is 0.0203. The lowest BCUT2D eigenvalue weighted by Gasteiger charge is -2.40. The number of nitrogens with zero attached hydrogens (tertiary/aromatic N) is 2. The van der Waals surface area contributed by atoms with Gasteiger partial charge in [0.15, 0.2) is 0 Å². The SMILES string of the molecule is CS(=O)(=O)N1CCCC1C(=O)N1CCC2(C=Cc3ccccc32)CC1. The summed E-state index contributed by atoms with van der Waals surface area (Å²) in [5.41, 5.74) is 2.68. The first-order valence-electron chi connectivity index (χ1n) is 8.95. The average Bonchev–Trinajstić information content (AvgIpc) is 3.21. The summed E-state index contributed by atoms with van der Waals surface area (Å²) >= 11 is 0. The minimum Gasteiger partial charge on any atom is -0.341 e. The number of carbonyl (C=O) groups is 1. The molecule has 134 valence electrons. The van der Waals surface area contributed by atoms with E-state index in [0.29, 0.717) is 26.1 Å².